The molecule has 9 aromatic rings. The van der Waals surface area contributed by atoms with Crippen molar-refractivity contribution in [3.05, 3.63) is 326 Å². The van der Waals surface area contributed by atoms with Gasteiger partial charge in [0.15, 0.2) is 34.7 Å². The zero-order valence-corrected chi connectivity index (χ0v) is 90.7. The van der Waals surface area contributed by atoms with Crippen LogP contribution >= 0.6 is 0 Å². The monoisotopic (exact) mass is 2000 g/mol. The molecule has 21 rings (SSSR count). The molecule has 0 saturated heterocycles. The van der Waals surface area contributed by atoms with Gasteiger partial charge in [0.2, 0.25) is 34.2 Å². The molecule has 13 atom stereocenters. The second-order valence-corrected chi connectivity index (χ2v) is 46.6. The number of esters is 1. The Balaban J connectivity index is 0.000000128. The van der Waals surface area contributed by atoms with Crippen molar-refractivity contribution in [3.63, 3.8) is 0 Å². The largest absolute Gasteiger partial charge is 0.506 e. The summed E-state index contributed by atoms with van der Waals surface area (Å²) >= 11 is 0. The number of fused-ring (bicyclic) bond motifs is 18. The maximum Gasteiger partial charge on any atom is 0.356 e. The summed E-state index contributed by atoms with van der Waals surface area (Å²) in [6, 6.07) is 20.3. The highest BCUT2D eigenvalue weighted by Gasteiger charge is 2.63. The molecule has 770 valence electrons. The van der Waals surface area contributed by atoms with E-state index < -0.39 is 54.1 Å². The van der Waals surface area contributed by atoms with E-state index in [1.54, 1.807) is 53.5 Å². The van der Waals surface area contributed by atoms with Crippen LogP contribution in [0.5, 0.6) is 0 Å². The molecule has 12 aliphatic rings. The number of aryl methyl sites for hydroxylation is 8. The Morgan fingerprint density at radius 2 is 0.711 bits per heavy atom. The molecule has 0 aliphatic heterocycles. The first-order chi connectivity index (χ1) is 69.9. The van der Waals surface area contributed by atoms with Gasteiger partial charge in [0.05, 0.1) is 109 Å². The lowest BCUT2D eigenvalue weighted by atomic mass is 9.53. The molecule has 0 radical (unpaired) electrons. The van der Waals surface area contributed by atoms with E-state index in [1.807, 2.05) is 205 Å². The van der Waals surface area contributed by atoms with Gasteiger partial charge in [-0.25, -0.2) is 33.9 Å². The average Bonchev–Trinajstić information content (AvgIpc) is 1.59. The van der Waals surface area contributed by atoms with Gasteiger partial charge in [-0.05, 0) is 157 Å². The molecule has 0 saturated carbocycles. The number of benzene rings is 2. The third-order valence-electron chi connectivity index (χ3n) is 36.1. The summed E-state index contributed by atoms with van der Waals surface area (Å²) in [7, 11) is 11.3. The number of allylic oxidation sites excluding steroid dienone is 12. The number of furan rings is 1. The number of aliphatic hydroxyl groups is 1. The Morgan fingerprint density at radius 1 is 0.409 bits per heavy atom. The number of hydrogen-bond donors (Lipinski definition) is 2. The van der Waals surface area contributed by atoms with Crippen LogP contribution in [0.1, 0.15) is 274 Å². The number of carbonyl (C=O) groups is 7. The maximum atomic E-state index is 13.3. The van der Waals surface area contributed by atoms with E-state index in [0.29, 0.717) is 30.1 Å². The number of nitrogens with zero attached hydrogens (tertiary/aromatic N) is 18. The SMILES string of the molecule is [C-]#[N+]C1=C[C@]2(C)c3nn(C)c(-c4c(C)coc4C)c3CC[C@H]2C(C)(C)C1=O.[C-]#[N+]C1=C[C@]2(C)c3nn(C)c(-c4ccccc4)c3CC[C@H]2[C@H](c2ccccc2)C1=O.[C-]#[N+]C1=C[C@]2(C)c3nn(C)c(C(=C)N)c3CC[C@H]2C(C)(C)C1=O.[C-]#[N+]C1=C[C@]2(C)c3nn(C)c(C(=C)O)c3CC[C@H]2C(C)(C)C1=O.[C-]#[N+]C1=C[C@]2(C)c3nn(C)c(C(=O)OCC)c3CC[C@H]2C(C)(C)C1=O.[C-]#[N+]C1=C[C@]2(C)c3nn(C)c(C)c3CC[C@H]2C(C)(C)C1=O. The van der Waals surface area contributed by atoms with Gasteiger partial charge in [-0.3, -0.25) is 28.1 Å². The van der Waals surface area contributed by atoms with E-state index in [9.17, 15) is 38.7 Å². The zero-order chi connectivity index (χ0) is 109. The summed E-state index contributed by atoms with van der Waals surface area (Å²) in [6.45, 7) is 92.4. The summed E-state index contributed by atoms with van der Waals surface area (Å²) in [5.41, 5.74) is 24.3. The average molecular weight is 2000 g/mol. The number of ketones is 6. The number of nitrogens with two attached hydrogens (primary N) is 1. The van der Waals surface area contributed by atoms with Crippen LogP contribution in [0, 0.1) is 123 Å². The van der Waals surface area contributed by atoms with Crippen molar-refractivity contribution < 1.29 is 47.8 Å². The van der Waals surface area contributed by atoms with Crippen molar-refractivity contribution in [1.29, 1.82) is 0 Å². The molecule has 29 nitrogen and oxygen atoms in total. The summed E-state index contributed by atoms with van der Waals surface area (Å²) in [5, 5.41) is 38.5. The lowest BCUT2D eigenvalue weighted by Crippen LogP contribution is -2.51. The van der Waals surface area contributed by atoms with Gasteiger partial charge in [-0.2, -0.15) is 30.6 Å². The highest BCUT2D eigenvalue weighted by Crippen LogP contribution is 2.63. The fraction of sp³-hybridized carbons (Fsp3) is 0.475. The Bertz CT molecular complexity index is 7570. The molecule has 149 heavy (non-hydrogen) atoms. The molecule has 29 heteroatoms. The lowest BCUT2D eigenvalue weighted by Gasteiger charge is -2.49. The van der Waals surface area contributed by atoms with Crippen LogP contribution in [0.3, 0.4) is 0 Å². The van der Waals surface area contributed by atoms with Gasteiger partial charge in [0.1, 0.15) is 22.9 Å². The minimum absolute atomic E-state index is 0.00354. The Hall–Kier alpha value is -15.1. The number of hydrogen-bond acceptors (Lipinski definition) is 17. The van der Waals surface area contributed by atoms with E-state index in [4.69, 9.17) is 74.7 Å². The zero-order valence-electron chi connectivity index (χ0n) is 90.7. The summed E-state index contributed by atoms with van der Waals surface area (Å²) in [4.78, 5) is 110. The minimum atomic E-state index is -0.636. The first-order valence-corrected chi connectivity index (χ1v) is 51.3. The van der Waals surface area contributed by atoms with Gasteiger partial charge in [0.25, 0.3) is 0 Å². The molecule has 2 aromatic carbocycles. The fourth-order valence-electron chi connectivity index (χ4n) is 29.0. The number of ether oxygens (including phenoxy) is 1. The van der Waals surface area contributed by atoms with Crippen molar-refractivity contribution in [3.8, 4) is 22.5 Å². The molecule has 12 aliphatic carbocycles. The molecule has 0 amide bonds. The highest BCUT2D eigenvalue weighted by atomic mass is 16.5. The van der Waals surface area contributed by atoms with E-state index in [-0.39, 0.29) is 127 Å². The molecule has 7 aromatic heterocycles. The Kier molecular flexibility index (Phi) is 27.0. The van der Waals surface area contributed by atoms with Crippen molar-refractivity contribution in [2.24, 2.45) is 111 Å². The van der Waals surface area contributed by atoms with E-state index in [1.165, 1.54) is 22.4 Å². The van der Waals surface area contributed by atoms with E-state index in [0.717, 1.165) is 167 Å². The van der Waals surface area contributed by atoms with Gasteiger partial charge in [-0.15, -0.1) is 0 Å². The smallest absolute Gasteiger partial charge is 0.356 e. The Labute approximate surface area is 873 Å². The third kappa shape index (κ3) is 16.4. The molecular formula is C120H135N19O10. The molecule has 0 spiro atoms. The summed E-state index contributed by atoms with van der Waals surface area (Å²) < 4.78 is 21.7. The lowest BCUT2D eigenvalue weighted by molar-refractivity contribution is -0.129. The van der Waals surface area contributed by atoms with Crippen LogP contribution in [-0.2, 0) is 147 Å². The van der Waals surface area contributed by atoms with E-state index in [2.05, 4.69) is 106 Å². The molecule has 7 heterocycles. The number of carbonyl (C=O) groups excluding carboxylic acids is 7. The third-order valence-corrected chi connectivity index (χ3v) is 36.1. The van der Waals surface area contributed by atoms with Gasteiger partial charge >= 0.3 is 5.97 Å². The number of rotatable bonds is 7. The van der Waals surface area contributed by atoms with Crippen LogP contribution in [0.25, 0.3) is 63.0 Å². The number of aromatic nitrogens is 12. The van der Waals surface area contributed by atoms with Crippen LogP contribution in [-0.4, -0.2) is 111 Å². The number of aliphatic hydroxyl groups excluding tert-OH is 1. The number of Topliss-reactive ketones (excluding diaryl/α,β-unsaturated/α-hetero) is 6. The molecule has 0 fully saturated rings. The Morgan fingerprint density at radius 3 is 1.08 bits per heavy atom. The van der Waals surface area contributed by atoms with Crippen molar-refractivity contribution in [2.75, 3.05) is 6.61 Å². The second kappa shape index (κ2) is 37.6. The van der Waals surface area contributed by atoms with Crippen LogP contribution in [0.2, 0.25) is 0 Å². The predicted octanol–water partition coefficient (Wildman–Crippen LogP) is 21.2. The first-order valence-electron chi connectivity index (χ1n) is 51.3. The highest BCUT2D eigenvalue weighted by molar-refractivity contribution is 6.07. The maximum absolute atomic E-state index is 13.3. The predicted molar refractivity (Wildman–Crippen MR) is 569 cm³/mol. The van der Waals surface area contributed by atoms with Crippen molar-refractivity contribution in [2.45, 2.75) is 254 Å². The van der Waals surface area contributed by atoms with Crippen molar-refractivity contribution >= 4 is 52.1 Å². The quantitative estimate of drug-likeness (QED) is 0.0850. The van der Waals surface area contributed by atoms with Gasteiger partial charge in [0, 0.05) is 152 Å². The second-order valence-electron chi connectivity index (χ2n) is 46.6. The molecular weight excluding hydrogens is 1870 g/mol. The van der Waals surface area contributed by atoms with Crippen LogP contribution in [0.4, 0.5) is 0 Å². The molecule has 0 bridgehead atoms. The van der Waals surface area contributed by atoms with Crippen LogP contribution in [0.15, 0.2) is 155 Å². The van der Waals surface area contributed by atoms with Gasteiger partial charge in [-0.1, -0.05) is 221 Å². The standard InChI is InChI=1S/C26H23N3O.C22H25N3O2.C19H23N3O3.C18H22N4O.C18H21N3O2.C17H21N3O/c1-26-16-21(27-2)24(30)22(17-10-6-4-7-11-17)20(26)15-14-19-23(29(3)28-25(19)26)18-12-8-5-9-13-18;1-12-11-27-13(2)17(12)18-14-8-9-16-21(3,4)20(26)15(23-6)10-22(16,5)19(14)24-25(18)7;1-7-25-17(24)14-11-8-9-13-18(2,3)16(23)12(20-5)10-19(13,4)15(11)21-22(14)6;1-10(19)14-11-7-8-13-17(2,3)16(23)12(20-5)9-18(13,4)15(11)21-22(14)6;1-10(22)14-11-7-8-13-17(2,3)16(23)12(19-5)9-18(13,4)15(11)20-21(14)6;1-10-11-7-8-13-16(2,3)15(21)12(18-5)9-17(13,4)14(11)19-20(10)6/h4-13,16,20,22H,14-15H2,1,3H3;10-11,16H,8-9H2,1-5,7H3;10,13H,7-9H2,1-4,6H3;9,13H,1,7-8,19H2,2-4,6H3;9,13,22H,1,7-8H2,2-4,6H3;9,13H,7-8H2,1-4,6H3/t20-,22-,26-;16-,22-;13-,19-;2*13-,18-;13-,17-/m000000/s1. The van der Waals surface area contributed by atoms with Crippen LogP contribution < -0.4 is 5.73 Å². The normalized spacial score (nSPS) is 27.3. The summed E-state index contributed by atoms with van der Waals surface area (Å²) in [6.07, 6.45) is 23.0. The summed E-state index contributed by atoms with van der Waals surface area (Å²) in [5.74, 6) is 0.513. The van der Waals surface area contributed by atoms with Gasteiger partial charge < -0.3 is 48.8 Å². The minimum Gasteiger partial charge on any atom is -0.506 e. The fourth-order valence-corrected chi connectivity index (χ4v) is 29.0. The van der Waals surface area contributed by atoms with E-state index >= 15 is 0 Å². The molecule has 3 N–H and O–H groups in total. The topological polar surface area (TPSA) is 321 Å². The van der Waals surface area contributed by atoms with Crippen molar-refractivity contribution in [1.82, 2.24) is 58.7 Å². The molecule has 0 unspecified atom stereocenters. The first kappa shape index (κ1) is 107.